The summed E-state index contributed by atoms with van der Waals surface area (Å²) in [7, 11) is 0. The highest BCUT2D eigenvalue weighted by Crippen LogP contribution is 2.17. The van der Waals surface area contributed by atoms with Gasteiger partial charge in [-0.1, -0.05) is 12.2 Å². The molecule has 17 heavy (non-hydrogen) atoms. The molecule has 3 nitrogen and oxygen atoms in total. The van der Waals surface area contributed by atoms with Crippen LogP contribution in [0.4, 0.5) is 0 Å². The van der Waals surface area contributed by atoms with Crippen LogP contribution in [0.3, 0.4) is 0 Å². The Hall–Kier alpha value is -1.39. The fourth-order valence-corrected chi connectivity index (χ4v) is 1.98. The van der Waals surface area contributed by atoms with Gasteiger partial charge in [-0.15, -0.1) is 0 Å². The third kappa shape index (κ3) is 2.65. The molecule has 0 aliphatic rings. The van der Waals surface area contributed by atoms with Crippen LogP contribution >= 0.6 is 12.2 Å². The van der Waals surface area contributed by atoms with Gasteiger partial charge in [0.2, 0.25) is 0 Å². The average Bonchev–Trinajstić information content (AvgIpc) is 2.72. The zero-order valence-electron chi connectivity index (χ0n) is 9.85. The van der Waals surface area contributed by atoms with Crippen molar-refractivity contribution in [2.75, 3.05) is 13.2 Å². The van der Waals surface area contributed by atoms with Crippen molar-refractivity contribution in [3.05, 3.63) is 36.0 Å². The second kappa shape index (κ2) is 5.29. The Morgan fingerprint density at radius 1 is 1.41 bits per heavy atom. The maximum atomic E-state index is 5.61. The van der Waals surface area contributed by atoms with Crippen LogP contribution in [-0.2, 0) is 11.3 Å². The van der Waals surface area contributed by atoms with E-state index in [2.05, 4.69) is 22.9 Å². The fourth-order valence-electron chi connectivity index (χ4n) is 1.86. The van der Waals surface area contributed by atoms with Crippen molar-refractivity contribution in [1.29, 1.82) is 0 Å². The van der Waals surface area contributed by atoms with Gasteiger partial charge in [0.1, 0.15) is 4.99 Å². The summed E-state index contributed by atoms with van der Waals surface area (Å²) in [6.45, 7) is 4.36. The Morgan fingerprint density at radius 3 is 2.94 bits per heavy atom. The molecule has 0 unspecified atom stereocenters. The van der Waals surface area contributed by atoms with E-state index in [9.17, 15) is 0 Å². The number of nitrogens with two attached hydrogens (primary N) is 1. The molecule has 0 fully saturated rings. The average molecular weight is 248 g/mol. The highest BCUT2D eigenvalue weighted by molar-refractivity contribution is 7.80. The van der Waals surface area contributed by atoms with E-state index in [4.69, 9.17) is 22.7 Å². The lowest BCUT2D eigenvalue weighted by atomic mass is 10.1. The number of benzene rings is 1. The highest BCUT2D eigenvalue weighted by Gasteiger charge is 2.03. The predicted molar refractivity (Wildman–Crippen MR) is 74.3 cm³/mol. The minimum Gasteiger partial charge on any atom is -0.389 e. The summed E-state index contributed by atoms with van der Waals surface area (Å²) >= 11 is 4.97. The number of aromatic nitrogens is 1. The van der Waals surface area contributed by atoms with Crippen LogP contribution < -0.4 is 5.73 Å². The van der Waals surface area contributed by atoms with Gasteiger partial charge < -0.3 is 15.0 Å². The molecule has 1 heterocycles. The van der Waals surface area contributed by atoms with Crippen molar-refractivity contribution in [1.82, 2.24) is 4.57 Å². The quantitative estimate of drug-likeness (QED) is 0.652. The van der Waals surface area contributed by atoms with Crippen molar-refractivity contribution < 1.29 is 4.74 Å². The molecule has 0 amide bonds. The van der Waals surface area contributed by atoms with Gasteiger partial charge in [-0.2, -0.15) is 0 Å². The van der Waals surface area contributed by atoms with Crippen LogP contribution in [0.25, 0.3) is 10.9 Å². The lowest BCUT2D eigenvalue weighted by Crippen LogP contribution is -2.09. The zero-order valence-corrected chi connectivity index (χ0v) is 10.7. The topological polar surface area (TPSA) is 40.2 Å². The third-order valence-corrected chi connectivity index (χ3v) is 2.97. The van der Waals surface area contributed by atoms with Gasteiger partial charge in [0.05, 0.1) is 6.61 Å². The molecule has 2 rings (SSSR count). The summed E-state index contributed by atoms with van der Waals surface area (Å²) in [4.78, 5) is 0.439. The van der Waals surface area contributed by atoms with Gasteiger partial charge in [0.15, 0.2) is 0 Å². The molecule has 0 bridgehead atoms. The van der Waals surface area contributed by atoms with Crippen molar-refractivity contribution in [2.24, 2.45) is 5.73 Å². The molecule has 1 aromatic heterocycles. The number of hydrogen-bond acceptors (Lipinski definition) is 2. The standard InChI is InChI=1S/C13H16N2OS/c1-2-16-8-7-15-6-5-10-9-11(13(14)17)3-4-12(10)15/h3-6,9H,2,7-8H2,1H3,(H2,14,17). The van der Waals surface area contributed by atoms with Crippen LogP contribution in [0.5, 0.6) is 0 Å². The minimum atomic E-state index is 0.439. The second-order valence-electron chi connectivity index (χ2n) is 3.84. The first kappa shape index (κ1) is 12.1. The van der Waals surface area contributed by atoms with E-state index in [0.717, 1.165) is 30.7 Å². The van der Waals surface area contributed by atoms with Crippen LogP contribution in [-0.4, -0.2) is 22.8 Å². The highest BCUT2D eigenvalue weighted by atomic mass is 32.1. The second-order valence-corrected chi connectivity index (χ2v) is 4.28. The number of rotatable bonds is 5. The minimum absolute atomic E-state index is 0.439. The third-order valence-electron chi connectivity index (χ3n) is 2.74. The van der Waals surface area contributed by atoms with E-state index in [0.29, 0.717) is 4.99 Å². The van der Waals surface area contributed by atoms with Crippen LogP contribution in [0.2, 0.25) is 0 Å². The number of hydrogen-bond donors (Lipinski definition) is 1. The van der Waals surface area contributed by atoms with Crippen molar-refractivity contribution in [3.8, 4) is 0 Å². The van der Waals surface area contributed by atoms with Crippen LogP contribution in [0, 0.1) is 0 Å². The lowest BCUT2D eigenvalue weighted by molar-refractivity contribution is 0.140. The molecule has 0 saturated carbocycles. The molecule has 0 aliphatic carbocycles. The number of fused-ring (bicyclic) bond motifs is 1. The van der Waals surface area contributed by atoms with E-state index in [1.807, 2.05) is 19.1 Å². The molecular formula is C13H16N2OS. The molecule has 0 atom stereocenters. The van der Waals surface area contributed by atoms with E-state index in [-0.39, 0.29) is 0 Å². The van der Waals surface area contributed by atoms with E-state index in [1.54, 1.807) is 0 Å². The SMILES string of the molecule is CCOCCn1ccc2cc(C(N)=S)ccc21. The van der Waals surface area contributed by atoms with Gasteiger partial charge in [0.25, 0.3) is 0 Å². The molecule has 90 valence electrons. The Morgan fingerprint density at radius 2 is 2.24 bits per heavy atom. The molecule has 0 radical (unpaired) electrons. The lowest BCUT2D eigenvalue weighted by Gasteiger charge is -2.06. The summed E-state index contributed by atoms with van der Waals surface area (Å²) in [5, 5.41) is 1.16. The number of ether oxygens (including phenoxy) is 1. The van der Waals surface area contributed by atoms with E-state index in [1.165, 1.54) is 5.52 Å². The van der Waals surface area contributed by atoms with E-state index >= 15 is 0 Å². The van der Waals surface area contributed by atoms with Crippen molar-refractivity contribution in [2.45, 2.75) is 13.5 Å². The first-order chi connectivity index (χ1) is 8.22. The number of nitrogens with zero attached hydrogens (tertiary/aromatic N) is 1. The summed E-state index contributed by atoms with van der Waals surface area (Å²) in [5.74, 6) is 0. The monoisotopic (exact) mass is 248 g/mol. The van der Waals surface area contributed by atoms with Gasteiger partial charge >= 0.3 is 0 Å². The largest absolute Gasteiger partial charge is 0.389 e. The predicted octanol–water partition coefficient (Wildman–Crippen LogP) is 2.31. The molecule has 0 spiro atoms. The smallest absolute Gasteiger partial charge is 0.104 e. The Bertz CT molecular complexity index is 533. The van der Waals surface area contributed by atoms with E-state index < -0.39 is 0 Å². The first-order valence-electron chi connectivity index (χ1n) is 5.69. The van der Waals surface area contributed by atoms with Crippen LogP contribution in [0.15, 0.2) is 30.5 Å². The summed E-state index contributed by atoms with van der Waals surface area (Å²) in [6, 6.07) is 8.11. The Balaban J connectivity index is 2.25. The zero-order chi connectivity index (χ0) is 12.3. The number of thiocarbonyl (C=S) groups is 1. The molecular weight excluding hydrogens is 232 g/mol. The maximum absolute atomic E-state index is 5.61. The van der Waals surface area contributed by atoms with Crippen LogP contribution in [0.1, 0.15) is 12.5 Å². The van der Waals surface area contributed by atoms with Crippen molar-refractivity contribution in [3.63, 3.8) is 0 Å². The first-order valence-corrected chi connectivity index (χ1v) is 6.09. The Kier molecular flexibility index (Phi) is 3.76. The summed E-state index contributed by atoms with van der Waals surface area (Å²) in [5.41, 5.74) is 7.71. The van der Waals surface area contributed by atoms with Gasteiger partial charge in [-0.05, 0) is 31.2 Å². The molecule has 4 heteroatoms. The van der Waals surface area contributed by atoms with Gasteiger partial charge in [-0.3, -0.25) is 0 Å². The van der Waals surface area contributed by atoms with Gasteiger partial charge in [-0.25, -0.2) is 0 Å². The Labute approximate surface area is 106 Å². The summed E-state index contributed by atoms with van der Waals surface area (Å²) < 4.78 is 7.53. The molecule has 0 aliphatic heterocycles. The molecule has 2 aromatic rings. The molecule has 0 saturated heterocycles. The normalized spacial score (nSPS) is 10.9. The summed E-state index contributed by atoms with van der Waals surface area (Å²) in [6.07, 6.45) is 2.06. The fraction of sp³-hybridized carbons (Fsp3) is 0.308. The van der Waals surface area contributed by atoms with Gasteiger partial charge in [0, 0.05) is 35.8 Å². The molecule has 2 N–H and O–H groups in total. The van der Waals surface area contributed by atoms with Crippen molar-refractivity contribution >= 4 is 28.1 Å². The maximum Gasteiger partial charge on any atom is 0.104 e. The molecule has 1 aromatic carbocycles.